The van der Waals surface area contributed by atoms with Crippen LogP contribution in [0.25, 0.3) is 0 Å². The topological polar surface area (TPSA) is 18.5 Å². The van der Waals surface area contributed by atoms with E-state index >= 15 is 0 Å². The van der Waals surface area contributed by atoms with Crippen molar-refractivity contribution in [3.63, 3.8) is 0 Å². The molecule has 0 spiro atoms. The van der Waals surface area contributed by atoms with Gasteiger partial charge in [-0.2, -0.15) is 11.8 Å². The molecular formula is C14H26F2O2S. The summed E-state index contributed by atoms with van der Waals surface area (Å²) in [7, 11) is 0. The second-order valence-corrected chi connectivity index (χ2v) is 8.23. The van der Waals surface area contributed by atoms with Gasteiger partial charge in [-0.1, -0.05) is 20.8 Å². The monoisotopic (exact) mass is 296 g/mol. The number of hydrogen-bond acceptors (Lipinski definition) is 3. The summed E-state index contributed by atoms with van der Waals surface area (Å²) >= 11 is 1.82. The van der Waals surface area contributed by atoms with Crippen LogP contribution < -0.4 is 0 Å². The Morgan fingerprint density at radius 1 is 1.05 bits per heavy atom. The average Bonchev–Trinajstić information content (AvgIpc) is 2.30. The van der Waals surface area contributed by atoms with Crippen molar-refractivity contribution >= 4 is 11.8 Å². The van der Waals surface area contributed by atoms with E-state index in [9.17, 15) is 8.78 Å². The summed E-state index contributed by atoms with van der Waals surface area (Å²) < 4.78 is 26.8. The molecule has 0 radical (unpaired) electrons. The Bertz CT molecular complexity index is 267. The summed E-state index contributed by atoms with van der Waals surface area (Å²) in [6.45, 7) is 9.19. The third-order valence-corrected chi connectivity index (χ3v) is 5.04. The van der Waals surface area contributed by atoms with Gasteiger partial charge in [0.05, 0.1) is 13.2 Å². The van der Waals surface area contributed by atoms with E-state index in [1.165, 1.54) is 0 Å². The first-order valence-corrected chi connectivity index (χ1v) is 7.93. The molecule has 1 aliphatic carbocycles. The first kappa shape index (κ1) is 17.2. The maximum absolute atomic E-state index is 13.3. The summed E-state index contributed by atoms with van der Waals surface area (Å²) in [5, 5.41) is 0. The number of rotatable bonds is 6. The minimum Gasteiger partial charge on any atom is -0.237 e. The van der Waals surface area contributed by atoms with Crippen LogP contribution in [-0.2, 0) is 9.78 Å². The van der Waals surface area contributed by atoms with Gasteiger partial charge in [-0.15, -0.1) is 0 Å². The summed E-state index contributed by atoms with van der Waals surface area (Å²) in [6.07, 6.45) is 0.951. The highest BCUT2D eigenvalue weighted by molar-refractivity contribution is 8.00. The van der Waals surface area contributed by atoms with E-state index in [2.05, 4.69) is 20.8 Å². The molecule has 0 aromatic heterocycles. The van der Waals surface area contributed by atoms with E-state index in [0.717, 1.165) is 5.75 Å². The summed E-state index contributed by atoms with van der Waals surface area (Å²) in [4.78, 5) is 10.1. The lowest BCUT2D eigenvalue weighted by Crippen LogP contribution is -2.39. The first-order valence-electron chi connectivity index (χ1n) is 6.94. The molecule has 114 valence electrons. The van der Waals surface area contributed by atoms with E-state index in [0.29, 0.717) is 26.1 Å². The van der Waals surface area contributed by atoms with Gasteiger partial charge in [0.15, 0.2) is 0 Å². The van der Waals surface area contributed by atoms with E-state index in [4.69, 9.17) is 9.78 Å². The molecule has 0 N–H and O–H groups in total. The largest absolute Gasteiger partial charge is 0.248 e. The van der Waals surface area contributed by atoms with Gasteiger partial charge in [0.1, 0.15) is 0 Å². The highest BCUT2D eigenvalue weighted by Crippen LogP contribution is 2.46. The van der Waals surface area contributed by atoms with Crippen molar-refractivity contribution in [1.29, 1.82) is 0 Å². The number of thioether (sulfide) groups is 1. The van der Waals surface area contributed by atoms with E-state index in [1.807, 2.05) is 18.7 Å². The van der Waals surface area contributed by atoms with Gasteiger partial charge < -0.3 is 0 Å². The van der Waals surface area contributed by atoms with E-state index in [-0.39, 0.29) is 23.0 Å². The van der Waals surface area contributed by atoms with Crippen LogP contribution >= 0.6 is 11.8 Å². The fraction of sp³-hybridized carbons (Fsp3) is 1.00. The lowest BCUT2D eigenvalue weighted by atomic mass is 9.75. The van der Waals surface area contributed by atoms with Crippen LogP contribution in [0, 0.1) is 5.41 Å². The predicted octanol–water partition coefficient (Wildman–Crippen LogP) is 4.68. The fourth-order valence-electron chi connectivity index (χ4n) is 2.10. The molecule has 1 rings (SSSR count). The molecule has 0 bridgehead atoms. The Labute approximate surface area is 119 Å². The lowest BCUT2D eigenvalue weighted by Gasteiger charge is -2.40. The smallest absolute Gasteiger partial charge is 0.237 e. The van der Waals surface area contributed by atoms with Crippen molar-refractivity contribution in [3.05, 3.63) is 0 Å². The average molecular weight is 296 g/mol. The van der Waals surface area contributed by atoms with Crippen molar-refractivity contribution < 1.29 is 18.6 Å². The zero-order chi connectivity index (χ0) is 14.6. The van der Waals surface area contributed by atoms with E-state index < -0.39 is 5.92 Å². The highest BCUT2D eigenvalue weighted by atomic mass is 32.2. The van der Waals surface area contributed by atoms with Crippen LogP contribution in [0.4, 0.5) is 8.78 Å². The minimum absolute atomic E-state index is 0.0345. The normalized spacial score (nSPS) is 22.4. The second-order valence-electron chi connectivity index (χ2n) is 6.43. The third-order valence-electron chi connectivity index (χ3n) is 3.42. The van der Waals surface area contributed by atoms with Crippen LogP contribution in [0.2, 0.25) is 0 Å². The number of halogens is 2. The van der Waals surface area contributed by atoms with Crippen LogP contribution in [0.15, 0.2) is 0 Å². The Morgan fingerprint density at radius 2 is 1.63 bits per heavy atom. The Kier molecular flexibility index (Phi) is 6.08. The first-order chi connectivity index (χ1) is 8.68. The lowest BCUT2D eigenvalue weighted by molar-refractivity contribution is -0.309. The second kappa shape index (κ2) is 6.72. The number of alkyl halides is 2. The van der Waals surface area contributed by atoms with Crippen LogP contribution in [-0.4, -0.2) is 29.6 Å². The Balaban J connectivity index is 2.58. The predicted molar refractivity (Wildman–Crippen MR) is 75.6 cm³/mol. The molecule has 5 heteroatoms. The van der Waals surface area contributed by atoms with Crippen LogP contribution in [0.1, 0.15) is 53.4 Å². The zero-order valence-corrected chi connectivity index (χ0v) is 13.2. The summed E-state index contributed by atoms with van der Waals surface area (Å²) in [6, 6.07) is 0. The molecule has 19 heavy (non-hydrogen) atoms. The molecule has 0 unspecified atom stereocenters. The summed E-state index contributed by atoms with van der Waals surface area (Å²) in [5.74, 6) is -1.65. The molecule has 0 saturated heterocycles. The molecule has 0 atom stereocenters. The maximum Gasteiger partial charge on any atom is 0.248 e. The van der Waals surface area contributed by atoms with Crippen molar-refractivity contribution in [2.75, 3.05) is 19.0 Å². The molecule has 1 aliphatic rings. The molecule has 2 nitrogen and oxygen atoms in total. The van der Waals surface area contributed by atoms with Crippen molar-refractivity contribution in [1.82, 2.24) is 0 Å². The molecule has 0 aromatic carbocycles. The van der Waals surface area contributed by atoms with Crippen LogP contribution in [0.5, 0.6) is 0 Å². The van der Waals surface area contributed by atoms with Gasteiger partial charge in [-0.25, -0.2) is 18.6 Å². The zero-order valence-electron chi connectivity index (χ0n) is 12.4. The highest BCUT2D eigenvalue weighted by Gasteiger charge is 2.44. The van der Waals surface area contributed by atoms with Gasteiger partial charge in [0.2, 0.25) is 5.92 Å². The van der Waals surface area contributed by atoms with Crippen molar-refractivity contribution in [2.45, 2.75) is 64.0 Å². The quantitative estimate of drug-likeness (QED) is 0.403. The van der Waals surface area contributed by atoms with Gasteiger partial charge >= 0.3 is 0 Å². The minimum atomic E-state index is -2.50. The molecule has 0 aliphatic heterocycles. The standard InChI is InChI=1S/C14H26F2O2S/c1-5-17-18-10-13(11-19-12(2,3)4)6-8-14(15,16)9-7-13/h5-11H2,1-4H3. The van der Waals surface area contributed by atoms with Crippen molar-refractivity contribution in [3.8, 4) is 0 Å². The van der Waals surface area contributed by atoms with Gasteiger partial charge in [-0.3, -0.25) is 0 Å². The molecule has 0 amide bonds. The van der Waals surface area contributed by atoms with Crippen LogP contribution in [0.3, 0.4) is 0 Å². The number of hydrogen-bond donors (Lipinski definition) is 0. The Hall–Kier alpha value is 0.130. The summed E-state index contributed by atoms with van der Waals surface area (Å²) in [5.41, 5.74) is -0.172. The molecular weight excluding hydrogens is 270 g/mol. The maximum atomic E-state index is 13.3. The molecule has 0 heterocycles. The molecule has 1 fully saturated rings. The van der Waals surface area contributed by atoms with Crippen molar-refractivity contribution in [2.24, 2.45) is 5.41 Å². The van der Waals surface area contributed by atoms with Gasteiger partial charge in [0.25, 0.3) is 0 Å². The molecule has 1 saturated carbocycles. The van der Waals surface area contributed by atoms with E-state index in [1.54, 1.807) is 0 Å². The Morgan fingerprint density at radius 3 is 2.11 bits per heavy atom. The van der Waals surface area contributed by atoms with Gasteiger partial charge in [-0.05, 0) is 19.8 Å². The fourth-order valence-corrected chi connectivity index (χ4v) is 3.21. The molecule has 0 aromatic rings. The third kappa shape index (κ3) is 6.41. The van der Waals surface area contributed by atoms with Gasteiger partial charge in [0, 0.05) is 28.8 Å². The SMILES string of the molecule is CCOOCC1(CSC(C)(C)C)CCC(F)(F)CC1.